The van der Waals surface area contributed by atoms with Gasteiger partial charge in [0.1, 0.15) is 0 Å². The predicted molar refractivity (Wildman–Crippen MR) is 97.0 cm³/mol. The molecule has 3 nitrogen and oxygen atoms in total. The van der Waals surface area contributed by atoms with E-state index in [9.17, 15) is 4.79 Å². The summed E-state index contributed by atoms with van der Waals surface area (Å²) in [5.74, 6) is 1.08. The number of halogens is 1. The van der Waals surface area contributed by atoms with E-state index in [0.29, 0.717) is 23.3 Å². The molecule has 1 spiro atoms. The number of nitrogens with zero attached hydrogens (tertiary/aromatic N) is 1. The molecule has 23 heavy (non-hydrogen) atoms. The lowest BCUT2D eigenvalue weighted by Crippen LogP contribution is -2.40. The third-order valence-electron chi connectivity index (χ3n) is 6.06. The van der Waals surface area contributed by atoms with E-state index in [1.54, 1.807) is 11.3 Å². The Bertz CT molecular complexity index is 523. The average Bonchev–Trinajstić information content (AvgIpc) is 2.94. The molecule has 0 aromatic carbocycles. The number of carbonyl (C=O) groups excluding carboxylic acids is 1. The number of nitrogens with one attached hydrogen (secondary N) is 1. The minimum absolute atomic E-state index is 0. The van der Waals surface area contributed by atoms with E-state index in [1.807, 2.05) is 0 Å². The van der Waals surface area contributed by atoms with Crippen molar-refractivity contribution in [3.8, 4) is 0 Å². The van der Waals surface area contributed by atoms with Crippen LogP contribution >= 0.6 is 23.7 Å². The maximum atomic E-state index is 12.9. The molecule has 0 bridgehead atoms. The molecule has 1 unspecified atom stereocenters. The Morgan fingerprint density at radius 1 is 1.35 bits per heavy atom. The van der Waals surface area contributed by atoms with E-state index in [0.717, 1.165) is 26.1 Å². The van der Waals surface area contributed by atoms with Gasteiger partial charge in [-0.05, 0) is 78.9 Å². The second-order valence-corrected chi connectivity index (χ2v) is 8.27. The van der Waals surface area contributed by atoms with Gasteiger partial charge in [0.15, 0.2) is 0 Å². The number of amides is 1. The molecule has 3 aliphatic rings. The molecule has 128 valence electrons. The fourth-order valence-corrected chi connectivity index (χ4v) is 4.90. The summed E-state index contributed by atoms with van der Waals surface area (Å²) < 4.78 is 0. The van der Waals surface area contributed by atoms with Crippen molar-refractivity contribution in [3.05, 3.63) is 22.4 Å². The summed E-state index contributed by atoms with van der Waals surface area (Å²) in [5, 5.41) is 7.78. The van der Waals surface area contributed by atoms with Crippen LogP contribution < -0.4 is 5.32 Å². The molecule has 2 heterocycles. The molecule has 1 atom stereocenters. The highest BCUT2D eigenvalue weighted by Crippen LogP contribution is 2.56. The molecule has 3 fully saturated rings. The maximum Gasteiger partial charge on any atom is 0.223 e. The fourth-order valence-electron chi connectivity index (χ4n) is 4.24. The molecule has 1 aliphatic heterocycles. The van der Waals surface area contributed by atoms with E-state index < -0.39 is 0 Å². The van der Waals surface area contributed by atoms with Crippen LogP contribution in [0.3, 0.4) is 0 Å². The second kappa shape index (κ2) is 7.12. The molecule has 1 N–H and O–H groups in total. The van der Waals surface area contributed by atoms with E-state index in [-0.39, 0.29) is 12.4 Å². The Kier molecular flexibility index (Phi) is 5.34. The molecule has 1 aromatic rings. The first-order valence-corrected chi connectivity index (χ1v) is 9.72. The number of thiophene rings is 1. The summed E-state index contributed by atoms with van der Waals surface area (Å²) in [7, 11) is 0. The molecular formula is C18H27ClN2OS. The van der Waals surface area contributed by atoms with Crippen LogP contribution in [0, 0.1) is 11.3 Å². The second-order valence-electron chi connectivity index (χ2n) is 7.49. The Hall–Kier alpha value is -0.580. The van der Waals surface area contributed by atoms with Crippen molar-refractivity contribution in [1.82, 2.24) is 10.2 Å². The number of hydrogen-bond donors (Lipinski definition) is 1. The van der Waals surface area contributed by atoms with Crippen LogP contribution in [0.5, 0.6) is 0 Å². The van der Waals surface area contributed by atoms with E-state index in [4.69, 9.17) is 0 Å². The van der Waals surface area contributed by atoms with Crippen molar-refractivity contribution < 1.29 is 4.79 Å². The van der Waals surface area contributed by atoms with Crippen LogP contribution in [0.1, 0.15) is 50.5 Å². The number of rotatable bonds is 5. The summed E-state index contributed by atoms with van der Waals surface area (Å²) in [4.78, 5) is 15.1. The van der Waals surface area contributed by atoms with Gasteiger partial charge in [0, 0.05) is 19.0 Å². The zero-order valence-electron chi connectivity index (χ0n) is 13.6. The summed E-state index contributed by atoms with van der Waals surface area (Å²) in [6.45, 7) is 3.08. The van der Waals surface area contributed by atoms with E-state index in [1.165, 1.54) is 44.1 Å². The molecule has 1 aromatic heterocycles. The summed E-state index contributed by atoms with van der Waals surface area (Å²) in [6, 6.07) is 2.67. The van der Waals surface area contributed by atoms with Crippen molar-refractivity contribution in [2.24, 2.45) is 11.3 Å². The highest BCUT2D eigenvalue weighted by Gasteiger charge is 2.57. The smallest absolute Gasteiger partial charge is 0.223 e. The molecule has 5 heteroatoms. The van der Waals surface area contributed by atoms with Gasteiger partial charge < -0.3 is 10.2 Å². The van der Waals surface area contributed by atoms with Gasteiger partial charge in [-0.3, -0.25) is 4.79 Å². The fraction of sp³-hybridized carbons (Fsp3) is 0.722. The lowest BCUT2D eigenvalue weighted by molar-refractivity contribution is -0.134. The molecule has 1 saturated heterocycles. The molecule has 2 aliphatic carbocycles. The standard InChI is InChI=1S/C18H26N2OS.ClH/c21-17(10-14-2-1-3-14)20(12-15-4-9-22-13-15)16-11-18(16)5-7-19-8-6-18;/h4,9,13-14,16,19H,1-3,5-8,10-12H2;1H. The van der Waals surface area contributed by atoms with Crippen LogP contribution in [0.25, 0.3) is 0 Å². The third-order valence-corrected chi connectivity index (χ3v) is 6.80. The van der Waals surface area contributed by atoms with Crippen molar-refractivity contribution in [2.45, 2.75) is 57.5 Å². The SMILES string of the molecule is Cl.O=C(CC1CCC1)N(Cc1ccsc1)C1CC12CCNCC2. The van der Waals surface area contributed by atoms with Gasteiger partial charge >= 0.3 is 0 Å². The van der Waals surface area contributed by atoms with E-state index in [2.05, 4.69) is 27.0 Å². The number of carbonyl (C=O) groups is 1. The van der Waals surface area contributed by atoms with Gasteiger partial charge in [-0.15, -0.1) is 12.4 Å². The zero-order valence-corrected chi connectivity index (χ0v) is 15.3. The normalized spacial score (nSPS) is 25.5. The quantitative estimate of drug-likeness (QED) is 0.871. The van der Waals surface area contributed by atoms with E-state index >= 15 is 0 Å². The van der Waals surface area contributed by atoms with Crippen molar-refractivity contribution in [1.29, 1.82) is 0 Å². The van der Waals surface area contributed by atoms with Crippen LogP contribution in [0.2, 0.25) is 0 Å². The summed E-state index contributed by atoms with van der Waals surface area (Å²) in [6.07, 6.45) is 8.35. The Morgan fingerprint density at radius 3 is 2.74 bits per heavy atom. The van der Waals surface area contributed by atoms with Gasteiger partial charge in [0.2, 0.25) is 5.91 Å². The Morgan fingerprint density at radius 2 is 2.13 bits per heavy atom. The largest absolute Gasteiger partial charge is 0.335 e. The molecule has 0 radical (unpaired) electrons. The Labute approximate surface area is 149 Å². The van der Waals surface area contributed by atoms with Gasteiger partial charge in [-0.2, -0.15) is 11.3 Å². The van der Waals surface area contributed by atoms with Gasteiger partial charge in [-0.25, -0.2) is 0 Å². The predicted octanol–water partition coefficient (Wildman–Crippen LogP) is 3.83. The van der Waals surface area contributed by atoms with Gasteiger partial charge in [0.25, 0.3) is 0 Å². The van der Waals surface area contributed by atoms with Crippen molar-refractivity contribution >= 4 is 29.7 Å². The average molecular weight is 355 g/mol. The first-order valence-electron chi connectivity index (χ1n) is 8.78. The van der Waals surface area contributed by atoms with Crippen LogP contribution in [-0.4, -0.2) is 29.9 Å². The first kappa shape index (κ1) is 17.2. The first-order chi connectivity index (χ1) is 10.8. The minimum atomic E-state index is 0. The number of piperidine rings is 1. The van der Waals surface area contributed by atoms with Crippen LogP contribution in [-0.2, 0) is 11.3 Å². The highest BCUT2D eigenvalue weighted by molar-refractivity contribution is 7.07. The van der Waals surface area contributed by atoms with Crippen LogP contribution in [0.4, 0.5) is 0 Å². The number of hydrogen-bond acceptors (Lipinski definition) is 3. The van der Waals surface area contributed by atoms with Gasteiger partial charge in [-0.1, -0.05) is 6.42 Å². The molecule has 1 amide bonds. The lowest BCUT2D eigenvalue weighted by atomic mass is 9.82. The Balaban J connectivity index is 0.00000156. The van der Waals surface area contributed by atoms with Gasteiger partial charge in [0.05, 0.1) is 0 Å². The molecule has 2 saturated carbocycles. The van der Waals surface area contributed by atoms with Crippen molar-refractivity contribution in [3.63, 3.8) is 0 Å². The zero-order chi connectivity index (χ0) is 15.0. The minimum Gasteiger partial charge on any atom is -0.335 e. The topological polar surface area (TPSA) is 32.3 Å². The molecule has 4 rings (SSSR count). The summed E-state index contributed by atoms with van der Waals surface area (Å²) in [5.41, 5.74) is 1.75. The highest BCUT2D eigenvalue weighted by atomic mass is 35.5. The van der Waals surface area contributed by atoms with Crippen LogP contribution in [0.15, 0.2) is 16.8 Å². The molecular weight excluding hydrogens is 328 g/mol. The lowest BCUT2D eigenvalue weighted by Gasteiger charge is -2.32. The van der Waals surface area contributed by atoms with Crippen molar-refractivity contribution in [2.75, 3.05) is 13.1 Å². The summed E-state index contributed by atoms with van der Waals surface area (Å²) >= 11 is 1.73. The third kappa shape index (κ3) is 3.59. The maximum absolute atomic E-state index is 12.9. The monoisotopic (exact) mass is 354 g/mol.